The molecule has 1 aliphatic rings. The number of hydrogen-bond donors (Lipinski definition) is 2. The molecule has 0 amide bonds. The summed E-state index contributed by atoms with van der Waals surface area (Å²) in [6.07, 6.45) is 4.97. The normalized spacial score (nSPS) is 17.4. The predicted octanol–water partition coefficient (Wildman–Crippen LogP) is 0.353. The summed E-state index contributed by atoms with van der Waals surface area (Å²) in [6.45, 7) is 1.09. The van der Waals surface area contributed by atoms with Gasteiger partial charge >= 0.3 is 0 Å². The Kier molecular flexibility index (Phi) is 7.29. The second-order valence-corrected chi connectivity index (χ2v) is 6.34. The number of nitrogens with zero attached hydrogens (tertiary/aromatic N) is 1. The summed E-state index contributed by atoms with van der Waals surface area (Å²) < 4.78 is 21.6. The average Bonchev–Trinajstić information content (AvgIpc) is 1.98. The molecule has 96 valence electrons. The van der Waals surface area contributed by atoms with Crippen molar-refractivity contribution < 1.29 is 8.42 Å². The first kappa shape index (κ1) is 16.0. The van der Waals surface area contributed by atoms with Gasteiger partial charge in [0.05, 0.1) is 5.75 Å². The fourth-order valence-corrected chi connectivity index (χ4v) is 1.80. The Balaban J connectivity index is 0.00000225. The van der Waals surface area contributed by atoms with Crippen molar-refractivity contribution in [3.8, 4) is 0 Å². The van der Waals surface area contributed by atoms with E-state index >= 15 is 0 Å². The molecule has 1 fully saturated rings. The minimum absolute atomic E-state index is 0. The van der Waals surface area contributed by atoms with Crippen molar-refractivity contribution in [3.05, 3.63) is 0 Å². The molecule has 0 saturated heterocycles. The monoisotopic (exact) mass is 361 g/mol. The SMILES string of the molecule is CS(=O)(=O)CCNC(N)=NCC1CCC1.I. The summed E-state index contributed by atoms with van der Waals surface area (Å²) in [5.74, 6) is 1.12. The van der Waals surface area contributed by atoms with Crippen molar-refractivity contribution in [2.24, 2.45) is 16.6 Å². The van der Waals surface area contributed by atoms with E-state index < -0.39 is 9.84 Å². The maximum absolute atomic E-state index is 10.8. The molecule has 0 aromatic carbocycles. The van der Waals surface area contributed by atoms with E-state index in [1.807, 2.05) is 0 Å². The molecule has 7 heteroatoms. The Morgan fingerprint density at radius 3 is 2.56 bits per heavy atom. The van der Waals surface area contributed by atoms with Crippen LogP contribution in [0.25, 0.3) is 0 Å². The molecule has 0 aromatic rings. The zero-order valence-corrected chi connectivity index (χ0v) is 12.6. The van der Waals surface area contributed by atoms with Gasteiger partial charge in [0.15, 0.2) is 5.96 Å². The summed E-state index contributed by atoms with van der Waals surface area (Å²) in [7, 11) is -2.92. The summed E-state index contributed by atoms with van der Waals surface area (Å²) >= 11 is 0. The smallest absolute Gasteiger partial charge is 0.188 e. The molecular formula is C9H20IN3O2S. The summed E-state index contributed by atoms with van der Waals surface area (Å²) in [5, 5.41) is 2.79. The highest BCUT2D eigenvalue weighted by molar-refractivity contribution is 14.0. The van der Waals surface area contributed by atoms with E-state index in [9.17, 15) is 8.42 Å². The molecular weight excluding hydrogens is 341 g/mol. The zero-order chi connectivity index (χ0) is 11.3. The molecule has 3 N–H and O–H groups in total. The fourth-order valence-electron chi connectivity index (χ4n) is 1.32. The minimum atomic E-state index is -2.92. The third-order valence-corrected chi connectivity index (χ3v) is 3.47. The largest absolute Gasteiger partial charge is 0.370 e. The molecule has 5 nitrogen and oxygen atoms in total. The molecule has 0 aliphatic heterocycles. The van der Waals surface area contributed by atoms with Crippen LogP contribution in [0.5, 0.6) is 0 Å². The second kappa shape index (κ2) is 7.31. The first-order valence-corrected chi connectivity index (χ1v) is 7.25. The minimum Gasteiger partial charge on any atom is -0.370 e. The summed E-state index contributed by atoms with van der Waals surface area (Å²) in [6, 6.07) is 0. The number of halogens is 1. The Bertz CT molecular complexity index is 326. The number of sulfone groups is 1. The highest BCUT2D eigenvalue weighted by Crippen LogP contribution is 2.26. The molecule has 0 bridgehead atoms. The van der Waals surface area contributed by atoms with Crippen LogP contribution < -0.4 is 11.1 Å². The topological polar surface area (TPSA) is 84.5 Å². The van der Waals surface area contributed by atoms with Crippen LogP contribution in [0.15, 0.2) is 4.99 Å². The Morgan fingerprint density at radius 2 is 2.12 bits per heavy atom. The molecule has 0 heterocycles. The number of hydrogen-bond acceptors (Lipinski definition) is 3. The Morgan fingerprint density at radius 1 is 1.50 bits per heavy atom. The van der Waals surface area contributed by atoms with E-state index in [-0.39, 0.29) is 29.7 Å². The van der Waals surface area contributed by atoms with Gasteiger partial charge in [0, 0.05) is 19.3 Å². The predicted molar refractivity (Wildman–Crippen MR) is 77.0 cm³/mol. The molecule has 0 aromatic heterocycles. The second-order valence-electron chi connectivity index (χ2n) is 4.08. The van der Waals surface area contributed by atoms with E-state index in [2.05, 4.69) is 10.3 Å². The average molecular weight is 361 g/mol. The number of aliphatic imine (C=N–C) groups is 1. The Hall–Kier alpha value is -0.0500. The van der Waals surface area contributed by atoms with Crippen molar-refractivity contribution in [1.82, 2.24) is 5.32 Å². The van der Waals surface area contributed by atoms with Gasteiger partial charge < -0.3 is 11.1 Å². The maximum Gasteiger partial charge on any atom is 0.188 e. The van der Waals surface area contributed by atoms with Crippen molar-refractivity contribution in [2.45, 2.75) is 19.3 Å². The van der Waals surface area contributed by atoms with Crippen LogP contribution in [0.1, 0.15) is 19.3 Å². The molecule has 1 saturated carbocycles. The van der Waals surface area contributed by atoms with Gasteiger partial charge in [0.25, 0.3) is 0 Å². The van der Waals surface area contributed by atoms with E-state index in [1.54, 1.807) is 0 Å². The lowest BCUT2D eigenvalue weighted by molar-refractivity contribution is 0.326. The van der Waals surface area contributed by atoms with Crippen LogP contribution in [0.4, 0.5) is 0 Å². The number of guanidine groups is 1. The van der Waals surface area contributed by atoms with E-state index in [0.717, 1.165) is 6.54 Å². The van der Waals surface area contributed by atoms with E-state index in [4.69, 9.17) is 5.73 Å². The summed E-state index contributed by atoms with van der Waals surface area (Å²) in [4.78, 5) is 4.15. The van der Waals surface area contributed by atoms with Crippen LogP contribution in [0.3, 0.4) is 0 Å². The van der Waals surface area contributed by atoms with Gasteiger partial charge in [-0.25, -0.2) is 8.42 Å². The van der Waals surface area contributed by atoms with E-state index in [1.165, 1.54) is 25.5 Å². The third-order valence-electron chi connectivity index (χ3n) is 2.52. The molecule has 1 aliphatic carbocycles. The number of nitrogens with two attached hydrogens (primary N) is 1. The van der Waals surface area contributed by atoms with Gasteiger partial charge in [-0.2, -0.15) is 0 Å². The van der Waals surface area contributed by atoms with Crippen molar-refractivity contribution in [1.29, 1.82) is 0 Å². The Labute approximate surface area is 114 Å². The van der Waals surface area contributed by atoms with E-state index in [0.29, 0.717) is 18.4 Å². The summed E-state index contributed by atoms with van der Waals surface area (Å²) in [5.41, 5.74) is 5.57. The quantitative estimate of drug-likeness (QED) is 0.421. The number of rotatable bonds is 5. The highest BCUT2D eigenvalue weighted by Gasteiger charge is 2.16. The highest BCUT2D eigenvalue weighted by atomic mass is 127. The van der Waals surface area contributed by atoms with Crippen LogP contribution >= 0.6 is 24.0 Å². The molecule has 16 heavy (non-hydrogen) atoms. The van der Waals surface area contributed by atoms with Crippen LogP contribution in [-0.2, 0) is 9.84 Å². The standard InChI is InChI=1S/C9H19N3O2S.HI/c1-15(13,14)6-5-11-9(10)12-7-8-3-2-4-8;/h8H,2-7H2,1H3,(H3,10,11,12);1H. The van der Waals surface area contributed by atoms with Gasteiger partial charge in [-0.05, 0) is 18.8 Å². The first-order chi connectivity index (χ1) is 6.97. The van der Waals surface area contributed by atoms with Crippen molar-refractivity contribution in [3.63, 3.8) is 0 Å². The first-order valence-electron chi connectivity index (χ1n) is 5.19. The molecule has 0 atom stereocenters. The lowest BCUT2D eigenvalue weighted by atomic mass is 9.86. The van der Waals surface area contributed by atoms with Gasteiger partial charge in [-0.15, -0.1) is 24.0 Å². The van der Waals surface area contributed by atoms with Crippen molar-refractivity contribution in [2.75, 3.05) is 25.1 Å². The van der Waals surface area contributed by atoms with Gasteiger partial charge in [0.1, 0.15) is 9.84 Å². The van der Waals surface area contributed by atoms with Crippen molar-refractivity contribution >= 4 is 39.8 Å². The third kappa shape index (κ3) is 7.26. The maximum atomic E-state index is 10.8. The molecule has 1 rings (SSSR count). The molecule has 0 unspecified atom stereocenters. The zero-order valence-electron chi connectivity index (χ0n) is 9.48. The van der Waals surface area contributed by atoms with Gasteiger partial charge in [0.2, 0.25) is 0 Å². The lowest BCUT2D eigenvalue weighted by Gasteiger charge is -2.23. The fraction of sp³-hybridized carbons (Fsp3) is 0.889. The lowest BCUT2D eigenvalue weighted by Crippen LogP contribution is -2.35. The van der Waals surface area contributed by atoms with Crippen LogP contribution in [0, 0.1) is 5.92 Å². The van der Waals surface area contributed by atoms with Crippen LogP contribution in [0.2, 0.25) is 0 Å². The van der Waals surface area contributed by atoms with Gasteiger partial charge in [-0.3, -0.25) is 4.99 Å². The van der Waals surface area contributed by atoms with Crippen LogP contribution in [-0.4, -0.2) is 39.5 Å². The van der Waals surface area contributed by atoms with Gasteiger partial charge in [-0.1, -0.05) is 6.42 Å². The number of nitrogens with one attached hydrogen (secondary N) is 1. The molecule has 0 spiro atoms. The molecule has 0 radical (unpaired) electrons.